The SMILES string of the molecule is CP(C)C[C](C)([Zr+3][C]1=CC=CC1)c1ccccc1.[Br-].[Br-].[Br-]. The molecule has 1 aromatic carbocycles. The number of allylic oxidation sites excluding steroid dienone is 4. The maximum absolute atomic E-state index is 2.51. The van der Waals surface area contributed by atoms with Gasteiger partial charge >= 0.3 is 125 Å². The molecule has 0 N–H and O–H groups in total. The molecule has 1 aromatic rings. The van der Waals surface area contributed by atoms with E-state index in [2.05, 4.69) is 68.8 Å². The molecule has 2 rings (SSSR count). The average Bonchev–Trinajstić information content (AvgIpc) is 2.81. The van der Waals surface area contributed by atoms with E-state index < -0.39 is 23.2 Å². The zero-order valence-electron chi connectivity index (χ0n) is 12.6. The van der Waals surface area contributed by atoms with Crippen molar-refractivity contribution in [2.24, 2.45) is 0 Å². The van der Waals surface area contributed by atoms with Crippen molar-refractivity contribution in [3.63, 3.8) is 0 Å². The van der Waals surface area contributed by atoms with E-state index in [1.807, 2.05) is 0 Å². The zero-order chi connectivity index (χ0) is 13.0. The summed E-state index contributed by atoms with van der Waals surface area (Å²) in [4.78, 5) is 0. The Morgan fingerprint density at radius 3 is 2.19 bits per heavy atom. The van der Waals surface area contributed by atoms with E-state index in [0.717, 1.165) is 0 Å². The minimum atomic E-state index is -0.539. The fourth-order valence-electron chi connectivity index (χ4n) is 2.54. The molecule has 115 valence electrons. The van der Waals surface area contributed by atoms with Crippen LogP contribution in [0.5, 0.6) is 0 Å². The molecule has 0 spiro atoms. The Balaban J connectivity index is 0. The largest absolute Gasteiger partial charge is 1.00 e. The van der Waals surface area contributed by atoms with E-state index in [0.29, 0.717) is 3.12 Å². The van der Waals surface area contributed by atoms with Gasteiger partial charge in [0.2, 0.25) is 0 Å². The van der Waals surface area contributed by atoms with Crippen molar-refractivity contribution in [1.82, 2.24) is 0 Å². The fraction of sp³-hybridized carbons (Fsp3) is 0.375. The van der Waals surface area contributed by atoms with Gasteiger partial charge in [-0.25, -0.2) is 0 Å². The van der Waals surface area contributed by atoms with Gasteiger partial charge in [0.25, 0.3) is 0 Å². The quantitative estimate of drug-likeness (QED) is 0.312. The molecule has 0 radical (unpaired) electrons. The average molecular weight is 575 g/mol. The van der Waals surface area contributed by atoms with E-state index >= 15 is 0 Å². The van der Waals surface area contributed by atoms with Gasteiger partial charge in [-0.05, 0) is 0 Å². The van der Waals surface area contributed by atoms with Crippen molar-refractivity contribution in [3.8, 4) is 0 Å². The predicted octanol–water partition coefficient (Wildman–Crippen LogP) is -4.42. The van der Waals surface area contributed by atoms with Crippen LogP contribution in [0.25, 0.3) is 0 Å². The standard InChI is InChI=1S/C11H16P.C5H5.3BrH.Zr/c1-10(9-12(2)3)11-7-5-4-6-8-11;1-2-4-5-3-1;;;;/h4-8H,9H2,1-3H3;1-3H,4H2;3*1H;/q;;;;;+3/p-3. The molecule has 0 aliphatic heterocycles. The predicted molar refractivity (Wildman–Crippen MR) is 79.3 cm³/mol. The first-order chi connectivity index (χ1) is 8.60. The molecule has 0 nitrogen and oxygen atoms in total. The molecule has 0 heterocycles. The van der Waals surface area contributed by atoms with Gasteiger partial charge in [-0.3, -0.25) is 0 Å². The van der Waals surface area contributed by atoms with Crippen molar-refractivity contribution in [3.05, 3.63) is 57.4 Å². The van der Waals surface area contributed by atoms with Crippen LogP contribution >= 0.6 is 7.92 Å². The summed E-state index contributed by atoms with van der Waals surface area (Å²) in [5, 5.41) is 0. The van der Waals surface area contributed by atoms with E-state index in [9.17, 15) is 0 Å². The fourth-order valence-corrected chi connectivity index (χ4v) is 10.5. The number of hydrogen-bond acceptors (Lipinski definition) is 0. The van der Waals surface area contributed by atoms with Crippen LogP contribution in [0.1, 0.15) is 18.9 Å². The molecule has 1 unspecified atom stereocenters. The summed E-state index contributed by atoms with van der Waals surface area (Å²) in [6, 6.07) is 11.2. The topological polar surface area (TPSA) is 0 Å². The number of benzene rings is 1. The molecular weight excluding hydrogens is 554 g/mol. The third kappa shape index (κ3) is 7.71. The van der Waals surface area contributed by atoms with Crippen LogP contribution in [0.2, 0.25) is 0 Å². The van der Waals surface area contributed by atoms with Crippen LogP contribution in [-0.2, 0) is 26.4 Å². The van der Waals surface area contributed by atoms with Crippen molar-refractivity contribution >= 4 is 7.92 Å². The molecule has 1 aliphatic rings. The second-order valence-corrected chi connectivity index (χ2v) is 12.8. The normalized spacial score (nSPS) is 15.0. The minimum absolute atomic E-state index is 0. The summed E-state index contributed by atoms with van der Waals surface area (Å²) in [6.45, 7) is 7.34. The Bertz CT molecular complexity index is 460. The van der Waals surface area contributed by atoms with Crippen LogP contribution in [0.4, 0.5) is 0 Å². The summed E-state index contributed by atoms with van der Waals surface area (Å²) >= 11 is -0.539. The van der Waals surface area contributed by atoms with Gasteiger partial charge in [0.05, 0.1) is 0 Å². The monoisotopic (exact) mass is 571 g/mol. The molecule has 21 heavy (non-hydrogen) atoms. The summed E-state index contributed by atoms with van der Waals surface area (Å²) in [7, 11) is 0.163. The van der Waals surface area contributed by atoms with Gasteiger partial charge in [-0.15, -0.1) is 0 Å². The van der Waals surface area contributed by atoms with Crippen molar-refractivity contribution < 1.29 is 74.2 Å². The van der Waals surface area contributed by atoms with E-state index in [1.54, 1.807) is 8.84 Å². The van der Waals surface area contributed by atoms with E-state index in [-0.39, 0.29) is 58.9 Å². The Labute approximate surface area is 173 Å². The Morgan fingerprint density at radius 1 is 1.10 bits per heavy atom. The molecule has 0 saturated carbocycles. The third-order valence-corrected chi connectivity index (χ3v) is 9.45. The first-order valence-corrected chi connectivity index (χ1v) is 11.3. The molecule has 1 atom stereocenters. The van der Waals surface area contributed by atoms with Gasteiger partial charge in [0, 0.05) is 0 Å². The van der Waals surface area contributed by atoms with Crippen molar-refractivity contribution in [1.29, 1.82) is 0 Å². The van der Waals surface area contributed by atoms with Crippen LogP contribution in [0.3, 0.4) is 0 Å². The molecule has 0 fully saturated rings. The zero-order valence-corrected chi connectivity index (χ0v) is 20.7. The first kappa shape index (κ1) is 24.7. The number of hydrogen-bond donors (Lipinski definition) is 0. The van der Waals surface area contributed by atoms with Crippen LogP contribution in [0, 0.1) is 0 Å². The summed E-state index contributed by atoms with van der Waals surface area (Å²) in [5.41, 5.74) is 1.57. The van der Waals surface area contributed by atoms with E-state index in [4.69, 9.17) is 0 Å². The molecule has 1 aliphatic carbocycles. The van der Waals surface area contributed by atoms with Gasteiger partial charge in [0.1, 0.15) is 0 Å². The minimum Gasteiger partial charge on any atom is -1.00 e. The van der Waals surface area contributed by atoms with Crippen LogP contribution in [-0.4, -0.2) is 19.5 Å². The van der Waals surface area contributed by atoms with Crippen molar-refractivity contribution in [2.45, 2.75) is 16.5 Å². The second-order valence-electron chi connectivity index (χ2n) is 5.39. The smallest absolute Gasteiger partial charge is 1.00 e. The summed E-state index contributed by atoms with van der Waals surface area (Å²) < 4.78 is 2.22. The maximum atomic E-state index is 2.51. The van der Waals surface area contributed by atoms with Gasteiger partial charge in [0.15, 0.2) is 0 Å². The molecule has 0 aromatic heterocycles. The number of rotatable bonds is 5. The molecule has 5 heteroatoms. The van der Waals surface area contributed by atoms with Crippen LogP contribution < -0.4 is 50.9 Å². The van der Waals surface area contributed by atoms with Gasteiger partial charge in [-0.1, -0.05) is 0 Å². The first-order valence-electron chi connectivity index (χ1n) is 6.44. The Morgan fingerprint density at radius 2 is 1.71 bits per heavy atom. The van der Waals surface area contributed by atoms with Gasteiger partial charge in [-0.2, -0.15) is 0 Å². The van der Waals surface area contributed by atoms with Crippen LogP contribution in [0.15, 0.2) is 51.8 Å². The molecule has 0 amide bonds. The molecule has 0 bridgehead atoms. The Hall–Kier alpha value is 1.45. The maximum Gasteiger partial charge on any atom is -1.00 e. The van der Waals surface area contributed by atoms with Gasteiger partial charge < -0.3 is 50.9 Å². The third-order valence-electron chi connectivity index (χ3n) is 3.25. The summed E-state index contributed by atoms with van der Waals surface area (Å²) in [6.07, 6.45) is 9.53. The Kier molecular flexibility index (Phi) is 14.0. The number of halogens is 3. The van der Waals surface area contributed by atoms with Crippen molar-refractivity contribution in [2.75, 3.05) is 19.5 Å². The summed E-state index contributed by atoms with van der Waals surface area (Å²) in [5.74, 6) is 0. The molecule has 0 saturated heterocycles. The van der Waals surface area contributed by atoms with E-state index in [1.165, 1.54) is 12.6 Å². The molecular formula is C16H21Br3PZr. The second kappa shape index (κ2) is 11.9.